The van der Waals surface area contributed by atoms with Gasteiger partial charge < -0.3 is 15.1 Å². The molecule has 26 heavy (non-hydrogen) atoms. The normalized spacial score (nSPS) is 16.1. The molecule has 0 spiro atoms. The fraction of sp³-hybridized carbons (Fsp3) is 0.611. The maximum atomic E-state index is 12.8. The molecule has 1 fully saturated rings. The largest absolute Gasteiger partial charge is 0.338 e. The first-order valence-corrected chi connectivity index (χ1v) is 11.2. The predicted molar refractivity (Wildman–Crippen MR) is 110 cm³/mol. The Balaban J connectivity index is 2.16. The molecule has 0 radical (unpaired) electrons. The summed E-state index contributed by atoms with van der Waals surface area (Å²) in [6, 6.07) is 5.20. The van der Waals surface area contributed by atoms with Crippen LogP contribution in [0.3, 0.4) is 0 Å². The van der Waals surface area contributed by atoms with Crippen LogP contribution >= 0.6 is 12.2 Å². The molecule has 2 N–H and O–H groups in total. The van der Waals surface area contributed by atoms with Crippen molar-refractivity contribution in [2.45, 2.75) is 32.6 Å². The van der Waals surface area contributed by atoms with E-state index in [1.54, 1.807) is 17.0 Å². The molecule has 1 aliphatic heterocycles. The number of hydrogen-bond donors (Lipinski definition) is 2. The molecule has 8 heteroatoms. The first-order chi connectivity index (χ1) is 12.3. The molecule has 0 aliphatic carbocycles. The van der Waals surface area contributed by atoms with Crippen LogP contribution in [0.1, 0.15) is 26.3 Å². The molecule has 2 rings (SSSR count). The average Bonchev–Trinajstić information content (AvgIpc) is 2.64. The van der Waals surface area contributed by atoms with Gasteiger partial charge in [-0.1, -0.05) is 19.9 Å². The zero-order chi connectivity index (χ0) is 19.3. The third kappa shape index (κ3) is 4.73. The second-order valence-electron chi connectivity index (χ2n) is 6.59. The number of hydrogen-bond acceptors (Lipinski definition) is 3. The lowest BCUT2D eigenvalue weighted by molar-refractivity contribution is -0.902. The fourth-order valence-corrected chi connectivity index (χ4v) is 4.96. The molecule has 0 atom stereocenters. The lowest BCUT2D eigenvalue weighted by Gasteiger charge is -2.33. The van der Waals surface area contributed by atoms with Crippen molar-refractivity contribution >= 4 is 33.0 Å². The number of anilines is 1. The van der Waals surface area contributed by atoms with Gasteiger partial charge in [0.2, 0.25) is 10.0 Å². The number of piperazine rings is 1. The molecule has 0 saturated carbocycles. The van der Waals surface area contributed by atoms with Crippen LogP contribution in [0, 0.1) is 6.92 Å². The lowest BCUT2D eigenvalue weighted by Crippen LogP contribution is -3.14. The number of likely N-dealkylation sites (N-methyl/N-ethyl adjacent to an activating group) is 1. The molecular formula is C18H31N4O2S2+. The predicted octanol–water partition coefficient (Wildman–Crippen LogP) is 0.943. The summed E-state index contributed by atoms with van der Waals surface area (Å²) < 4.78 is 27.0. The minimum Gasteiger partial charge on any atom is -0.338 e. The van der Waals surface area contributed by atoms with Crippen molar-refractivity contribution < 1.29 is 13.3 Å². The third-order valence-corrected chi connectivity index (χ3v) is 7.46. The van der Waals surface area contributed by atoms with Crippen LogP contribution in [0.5, 0.6) is 0 Å². The number of benzene rings is 1. The SMILES string of the molecule is CCN(CC)S(=O)(=O)c1ccc(C)c(NC(=S)N2CC[NH+](CC)CC2)c1. The summed E-state index contributed by atoms with van der Waals surface area (Å²) in [5.74, 6) is 0. The molecule has 1 aromatic carbocycles. The van der Waals surface area contributed by atoms with Crippen LogP contribution < -0.4 is 10.2 Å². The van der Waals surface area contributed by atoms with E-state index in [1.165, 1.54) is 4.31 Å². The highest BCUT2D eigenvalue weighted by Gasteiger charge is 2.24. The minimum absolute atomic E-state index is 0.303. The van der Waals surface area contributed by atoms with Gasteiger partial charge in [-0.05, 0) is 43.8 Å². The van der Waals surface area contributed by atoms with Crippen molar-refractivity contribution in [1.82, 2.24) is 9.21 Å². The van der Waals surface area contributed by atoms with Gasteiger partial charge in [-0.3, -0.25) is 0 Å². The molecule has 0 bridgehead atoms. The molecule has 6 nitrogen and oxygen atoms in total. The molecule has 1 saturated heterocycles. The van der Waals surface area contributed by atoms with E-state index < -0.39 is 10.0 Å². The van der Waals surface area contributed by atoms with E-state index in [0.717, 1.165) is 44.0 Å². The van der Waals surface area contributed by atoms with Crippen LogP contribution in [0.2, 0.25) is 0 Å². The van der Waals surface area contributed by atoms with E-state index in [4.69, 9.17) is 12.2 Å². The number of quaternary nitrogens is 1. The number of thiocarbonyl (C=S) groups is 1. The van der Waals surface area contributed by atoms with Gasteiger partial charge in [0, 0.05) is 18.8 Å². The Morgan fingerprint density at radius 2 is 1.85 bits per heavy atom. The summed E-state index contributed by atoms with van der Waals surface area (Å²) in [4.78, 5) is 4.06. The summed E-state index contributed by atoms with van der Waals surface area (Å²) in [5.41, 5.74) is 1.73. The van der Waals surface area contributed by atoms with Crippen LogP contribution in [-0.4, -0.2) is 68.5 Å². The van der Waals surface area contributed by atoms with Crippen LogP contribution in [0.25, 0.3) is 0 Å². The van der Waals surface area contributed by atoms with Crippen molar-refractivity contribution in [2.75, 3.05) is 51.1 Å². The molecule has 1 aliphatic rings. The van der Waals surface area contributed by atoms with Gasteiger partial charge >= 0.3 is 0 Å². The van der Waals surface area contributed by atoms with Gasteiger partial charge in [-0.15, -0.1) is 0 Å². The first kappa shape index (κ1) is 21.1. The van der Waals surface area contributed by atoms with Crippen LogP contribution in [-0.2, 0) is 10.0 Å². The van der Waals surface area contributed by atoms with E-state index in [9.17, 15) is 8.42 Å². The molecule has 1 aromatic rings. The fourth-order valence-electron chi connectivity index (χ4n) is 3.18. The maximum absolute atomic E-state index is 12.8. The van der Waals surface area contributed by atoms with Gasteiger partial charge in [0.15, 0.2) is 5.11 Å². The number of nitrogens with one attached hydrogen (secondary N) is 2. The number of rotatable bonds is 6. The Hall–Kier alpha value is -1.22. The topological polar surface area (TPSA) is 57.1 Å². The van der Waals surface area contributed by atoms with E-state index in [0.29, 0.717) is 23.1 Å². The number of nitrogens with zero attached hydrogens (tertiary/aromatic N) is 2. The highest BCUT2D eigenvalue weighted by molar-refractivity contribution is 7.89. The first-order valence-electron chi connectivity index (χ1n) is 9.33. The second-order valence-corrected chi connectivity index (χ2v) is 8.91. The molecule has 0 aromatic heterocycles. The smallest absolute Gasteiger partial charge is 0.243 e. The van der Waals surface area contributed by atoms with Gasteiger partial charge in [0.05, 0.1) is 37.6 Å². The Bertz CT molecular complexity index is 725. The van der Waals surface area contributed by atoms with E-state index in [1.807, 2.05) is 26.8 Å². The van der Waals surface area contributed by atoms with Crippen molar-refractivity contribution in [3.8, 4) is 0 Å². The van der Waals surface area contributed by atoms with Gasteiger partial charge in [-0.25, -0.2) is 8.42 Å². The Morgan fingerprint density at radius 1 is 1.23 bits per heavy atom. The van der Waals surface area contributed by atoms with E-state index >= 15 is 0 Å². The standard InChI is InChI=1S/C18H30N4O2S2/c1-5-20-10-12-21(13-11-20)18(25)19-17-14-16(9-8-15(17)4)26(23,24)22(6-2)7-3/h8-9,14H,5-7,10-13H2,1-4H3,(H,19,25)/p+1. The summed E-state index contributed by atoms with van der Waals surface area (Å²) in [6.45, 7) is 13.9. The third-order valence-electron chi connectivity index (χ3n) is 5.05. The minimum atomic E-state index is -3.48. The maximum Gasteiger partial charge on any atom is 0.243 e. The van der Waals surface area contributed by atoms with Crippen molar-refractivity contribution in [1.29, 1.82) is 0 Å². The molecular weight excluding hydrogens is 368 g/mol. The highest BCUT2D eigenvalue weighted by Crippen LogP contribution is 2.23. The van der Waals surface area contributed by atoms with Crippen molar-refractivity contribution in [3.63, 3.8) is 0 Å². The molecule has 1 heterocycles. The quantitative estimate of drug-likeness (QED) is 0.698. The zero-order valence-corrected chi connectivity index (χ0v) is 17.8. The van der Waals surface area contributed by atoms with Gasteiger partial charge in [0.1, 0.15) is 0 Å². The summed E-state index contributed by atoms with van der Waals surface area (Å²) in [5, 5.41) is 3.93. The van der Waals surface area contributed by atoms with Gasteiger partial charge in [-0.2, -0.15) is 4.31 Å². The second kappa shape index (κ2) is 9.12. The monoisotopic (exact) mass is 399 g/mol. The Kier molecular flexibility index (Phi) is 7.40. The summed E-state index contributed by atoms with van der Waals surface area (Å²) in [6.07, 6.45) is 0. The number of aryl methyl sites for hydroxylation is 1. The summed E-state index contributed by atoms with van der Waals surface area (Å²) >= 11 is 5.57. The van der Waals surface area contributed by atoms with Crippen LogP contribution in [0.4, 0.5) is 5.69 Å². The number of sulfonamides is 1. The van der Waals surface area contributed by atoms with E-state index in [-0.39, 0.29) is 0 Å². The highest BCUT2D eigenvalue weighted by atomic mass is 32.2. The van der Waals surface area contributed by atoms with Crippen LogP contribution in [0.15, 0.2) is 23.1 Å². The summed E-state index contributed by atoms with van der Waals surface area (Å²) in [7, 11) is -3.48. The van der Waals surface area contributed by atoms with Gasteiger partial charge in [0.25, 0.3) is 0 Å². The lowest BCUT2D eigenvalue weighted by atomic mass is 10.2. The average molecular weight is 400 g/mol. The molecule has 0 amide bonds. The molecule has 146 valence electrons. The zero-order valence-electron chi connectivity index (χ0n) is 16.2. The Morgan fingerprint density at radius 3 is 2.38 bits per heavy atom. The van der Waals surface area contributed by atoms with E-state index in [2.05, 4.69) is 17.1 Å². The Labute approximate surface area is 163 Å². The molecule has 0 unspecified atom stereocenters. The van der Waals surface area contributed by atoms with Crippen molar-refractivity contribution in [2.24, 2.45) is 0 Å². The van der Waals surface area contributed by atoms with Crippen molar-refractivity contribution in [3.05, 3.63) is 23.8 Å².